The molecule has 0 unspecified atom stereocenters. The number of hydrogen-bond acceptors (Lipinski definition) is 3. The van der Waals surface area contributed by atoms with E-state index in [4.69, 9.17) is 11.6 Å². The van der Waals surface area contributed by atoms with Gasteiger partial charge in [0.1, 0.15) is 0 Å². The number of pyridine rings is 1. The monoisotopic (exact) mass is 424 g/mol. The Morgan fingerprint density at radius 2 is 2.09 bits per heavy atom. The summed E-state index contributed by atoms with van der Waals surface area (Å²) in [5.74, 6) is 0.311. The smallest absolute Gasteiger partial charge is 0.256 e. The first kappa shape index (κ1) is 15.0. The van der Waals surface area contributed by atoms with Crippen molar-refractivity contribution in [3.8, 4) is 5.82 Å². The van der Waals surface area contributed by atoms with Gasteiger partial charge in [-0.15, -0.1) is 0 Å². The number of hydrogen-bond donors (Lipinski definition) is 1. The van der Waals surface area contributed by atoms with Crippen molar-refractivity contribution in [2.75, 3.05) is 5.32 Å². The third-order valence-electron chi connectivity index (χ3n) is 2.93. The minimum absolute atomic E-state index is 0.242. The SMILES string of the molecule is O=C(Nc1cccnc1-n1cccn1)c1cc(Cl)ccc1I. The molecule has 0 aliphatic heterocycles. The van der Waals surface area contributed by atoms with E-state index in [1.54, 1.807) is 59.7 Å². The molecule has 110 valence electrons. The Hall–Kier alpha value is -1.93. The van der Waals surface area contributed by atoms with E-state index in [1.165, 1.54) is 0 Å². The maximum absolute atomic E-state index is 12.5. The Balaban J connectivity index is 1.94. The Kier molecular flexibility index (Phi) is 4.39. The van der Waals surface area contributed by atoms with E-state index >= 15 is 0 Å². The van der Waals surface area contributed by atoms with Gasteiger partial charge in [-0.25, -0.2) is 9.67 Å². The van der Waals surface area contributed by atoms with Gasteiger partial charge in [0.05, 0.1) is 11.3 Å². The normalized spacial score (nSPS) is 10.5. The zero-order chi connectivity index (χ0) is 15.5. The lowest BCUT2D eigenvalue weighted by Crippen LogP contribution is -2.16. The second kappa shape index (κ2) is 6.45. The number of anilines is 1. The average molecular weight is 425 g/mol. The van der Waals surface area contributed by atoms with E-state index in [0.717, 1.165) is 3.57 Å². The van der Waals surface area contributed by atoms with Crippen LogP contribution in [-0.2, 0) is 0 Å². The summed E-state index contributed by atoms with van der Waals surface area (Å²) in [6.07, 6.45) is 5.07. The van der Waals surface area contributed by atoms with Crippen LogP contribution in [0.25, 0.3) is 5.82 Å². The molecule has 7 heteroatoms. The van der Waals surface area contributed by atoms with Crippen molar-refractivity contribution < 1.29 is 4.79 Å². The second-order valence-electron chi connectivity index (χ2n) is 4.40. The lowest BCUT2D eigenvalue weighted by atomic mass is 10.2. The quantitative estimate of drug-likeness (QED) is 0.651. The van der Waals surface area contributed by atoms with Gasteiger partial charge in [-0.05, 0) is 59.0 Å². The van der Waals surface area contributed by atoms with Crippen LogP contribution >= 0.6 is 34.2 Å². The second-order valence-corrected chi connectivity index (χ2v) is 6.00. The largest absolute Gasteiger partial charge is 0.319 e. The molecule has 0 bridgehead atoms. The van der Waals surface area contributed by atoms with Gasteiger partial charge in [0.2, 0.25) is 0 Å². The molecular formula is C15H10ClIN4O. The summed E-state index contributed by atoms with van der Waals surface area (Å²) in [5.41, 5.74) is 1.09. The molecule has 0 spiro atoms. The zero-order valence-corrected chi connectivity index (χ0v) is 14.1. The molecule has 1 amide bonds. The molecular weight excluding hydrogens is 415 g/mol. The van der Waals surface area contributed by atoms with Gasteiger partial charge in [0, 0.05) is 27.2 Å². The van der Waals surface area contributed by atoms with Gasteiger partial charge >= 0.3 is 0 Å². The number of amides is 1. The van der Waals surface area contributed by atoms with Crippen LogP contribution < -0.4 is 5.32 Å². The molecule has 5 nitrogen and oxygen atoms in total. The molecule has 3 rings (SSSR count). The first-order valence-corrected chi connectivity index (χ1v) is 7.82. The number of nitrogens with one attached hydrogen (secondary N) is 1. The predicted octanol–water partition coefficient (Wildman–Crippen LogP) is 3.78. The summed E-state index contributed by atoms with van der Waals surface area (Å²) in [6.45, 7) is 0. The van der Waals surface area contributed by atoms with Crippen molar-refractivity contribution in [1.82, 2.24) is 14.8 Å². The predicted molar refractivity (Wildman–Crippen MR) is 93.5 cm³/mol. The van der Waals surface area contributed by atoms with Crippen LogP contribution in [0.5, 0.6) is 0 Å². The van der Waals surface area contributed by atoms with Crippen molar-refractivity contribution >= 4 is 45.8 Å². The molecule has 2 heterocycles. The fraction of sp³-hybridized carbons (Fsp3) is 0. The van der Waals surface area contributed by atoms with E-state index < -0.39 is 0 Å². The molecule has 0 saturated heterocycles. The molecule has 1 N–H and O–H groups in total. The molecule has 0 saturated carbocycles. The Bertz CT molecular complexity index is 820. The van der Waals surface area contributed by atoms with E-state index in [1.807, 2.05) is 0 Å². The Labute approximate surface area is 145 Å². The highest BCUT2D eigenvalue weighted by molar-refractivity contribution is 14.1. The summed E-state index contributed by atoms with van der Waals surface area (Å²) in [5, 5.41) is 7.51. The summed E-state index contributed by atoms with van der Waals surface area (Å²) >= 11 is 8.07. The minimum atomic E-state index is -0.242. The van der Waals surface area contributed by atoms with Gasteiger partial charge in [-0.2, -0.15) is 5.10 Å². The first-order valence-electron chi connectivity index (χ1n) is 6.36. The number of carbonyl (C=O) groups is 1. The molecule has 0 aliphatic rings. The summed E-state index contributed by atoms with van der Waals surface area (Å²) in [6, 6.07) is 10.5. The zero-order valence-electron chi connectivity index (χ0n) is 11.2. The van der Waals surface area contributed by atoms with E-state index in [9.17, 15) is 4.79 Å². The summed E-state index contributed by atoms with van der Waals surface area (Å²) in [4.78, 5) is 16.7. The average Bonchev–Trinajstić information content (AvgIpc) is 3.04. The highest BCUT2D eigenvalue weighted by atomic mass is 127. The summed E-state index contributed by atoms with van der Waals surface area (Å²) in [7, 11) is 0. The molecule has 0 radical (unpaired) electrons. The fourth-order valence-corrected chi connectivity index (χ4v) is 2.68. The van der Waals surface area contributed by atoms with Crippen molar-refractivity contribution in [3.63, 3.8) is 0 Å². The van der Waals surface area contributed by atoms with Crippen molar-refractivity contribution in [1.29, 1.82) is 0 Å². The minimum Gasteiger partial charge on any atom is -0.319 e. The molecule has 0 fully saturated rings. The van der Waals surface area contributed by atoms with E-state index in [2.05, 4.69) is 38.0 Å². The number of benzene rings is 1. The lowest BCUT2D eigenvalue weighted by Gasteiger charge is -2.11. The summed E-state index contributed by atoms with van der Waals surface area (Å²) < 4.78 is 2.42. The third kappa shape index (κ3) is 3.12. The number of halogens is 2. The van der Waals surface area contributed by atoms with Gasteiger partial charge in [0.25, 0.3) is 5.91 Å². The Morgan fingerprint density at radius 1 is 1.23 bits per heavy atom. The van der Waals surface area contributed by atoms with Crippen LogP contribution in [0.15, 0.2) is 55.0 Å². The molecule has 22 heavy (non-hydrogen) atoms. The molecule has 1 aromatic carbocycles. The topological polar surface area (TPSA) is 59.8 Å². The van der Waals surface area contributed by atoms with Crippen LogP contribution in [0.1, 0.15) is 10.4 Å². The molecule has 3 aromatic rings. The first-order chi connectivity index (χ1) is 10.6. The van der Waals surface area contributed by atoms with Gasteiger partial charge < -0.3 is 5.32 Å². The van der Waals surface area contributed by atoms with Crippen molar-refractivity contribution in [2.45, 2.75) is 0 Å². The van der Waals surface area contributed by atoms with E-state index in [-0.39, 0.29) is 5.91 Å². The highest BCUT2D eigenvalue weighted by Gasteiger charge is 2.14. The van der Waals surface area contributed by atoms with Gasteiger partial charge in [-0.3, -0.25) is 4.79 Å². The fourth-order valence-electron chi connectivity index (χ4n) is 1.93. The van der Waals surface area contributed by atoms with Crippen LogP contribution in [0.4, 0.5) is 5.69 Å². The van der Waals surface area contributed by atoms with Crippen LogP contribution in [0, 0.1) is 3.57 Å². The lowest BCUT2D eigenvalue weighted by molar-refractivity contribution is 0.102. The van der Waals surface area contributed by atoms with E-state index in [0.29, 0.717) is 22.1 Å². The van der Waals surface area contributed by atoms with Gasteiger partial charge in [-0.1, -0.05) is 11.6 Å². The van der Waals surface area contributed by atoms with Gasteiger partial charge in [0.15, 0.2) is 5.82 Å². The number of nitrogens with zero attached hydrogens (tertiary/aromatic N) is 3. The van der Waals surface area contributed by atoms with Crippen LogP contribution in [0.3, 0.4) is 0 Å². The number of rotatable bonds is 3. The van der Waals surface area contributed by atoms with Crippen molar-refractivity contribution in [3.05, 3.63) is 69.1 Å². The van der Waals surface area contributed by atoms with Crippen LogP contribution in [0.2, 0.25) is 5.02 Å². The molecule has 2 aromatic heterocycles. The standard InChI is InChI=1S/C15H10ClIN4O/c16-10-4-5-12(17)11(9-10)15(22)20-13-3-1-6-18-14(13)21-8-2-7-19-21/h1-9H,(H,20,22). The van der Waals surface area contributed by atoms with Crippen LogP contribution in [-0.4, -0.2) is 20.7 Å². The third-order valence-corrected chi connectivity index (χ3v) is 4.11. The van der Waals surface area contributed by atoms with Crippen molar-refractivity contribution in [2.24, 2.45) is 0 Å². The number of carbonyl (C=O) groups excluding carboxylic acids is 1. The number of aromatic nitrogens is 3. The molecule has 0 aliphatic carbocycles. The Morgan fingerprint density at radius 3 is 2.86 bits per heavy atom. The molecule has 0 atom stereocenters. The maximum Gasteiger partial charge on any atom is 0.256 e. The maximum atomic E-state index is 12.5. The highest BCUT2D eigenvalue weighted by Crippen LogP contribution is 2.21.